The van der Waals surface area contributed by atoms with E-state index in [-0.39, 0.29) is 5.69 Å². The molecule has 5 heteroatoms. The molecule has 1 N–H and O–H groups in total. The molecule has 0 aliphatic rings. The average molecular weight is 360 g/mol. The van der Waals surface area contributed by atoms with Crippen molar-refractivity contribution in [1.29, 1.82) is 0 Å². The van der Waals surface area contributed by atoms with E-state index in [4.69, 9.17) is 0 Å². The molecule has 0 saturated heterocycles. The smallest absolute Gasteiger partial charge is 0.256 e. The highest BCUT2D eigenvalue weighted by molar-refractivity contribution is 6.13. The van der Waals surface area contributed by atoms with Gasteiger partial charge in [0.15, 0.2) is 0 Å². The van der Waals surface area contributed by atoms with Gasteiger partial charge < -0.3 is 5.32 Å². The lowest BCUT2D eigenvalue weighted by Gasteiger charge is -2.11. The topological polar surface area (TPSA) is 42.0 Å². The first-order valence-electron chi connectivity index (χ1n) is 8.33. The Balaban J connectivity index is 1.81. The average Bonchev–Trinajstić information content (AvgIpc) is 2.70. The van der Waals surface area contributed by atoms with E-state index >= 15 is 0 Å². The van der Waals surface area contributed by atoms with Gasteiger partial charge in [-0.15, -0.1) is 0 Å². The number of amides is 1. The number of nitrogens with zero attached hydrogens (tertiary/aromatic N) is 1. The number of hydrogen-bond acceptors (Lipinski definition) is 2. The van der Waals surface area contributed by atoms with Crippen molar-refractivity contribution in [2.24, 2.45) is 0 Å². The molecular formula is C22H14F2N2O. The van der Waals surface area contributed by atoms with Gasteiger partial charge in [0.05, 0.1) is 22.5 Å². The molecule has 0 bridgehead atoms. The van der Waals surface area contributed by atoms with Gasteiger partial charge in [0, 0.05) is 17.0 Å². The monoisotopic (exact) mass is 360 g/mol. The number of nitrogens with one attached hydrogen (secondary N) is 1. The maximum absolute atomic E-state index is 13.9. The van der Waals surface area contributed by atoms with E-state index in [9.17, 15) is 13.6 Å². The van der Waals surface area contributed by atoms with Crippen molar-refractivity contribution in [3.8, 4) is 11.3 Å². The molecule has 0 unspecified atom stereocenters. The minimum atomic E-state index is -0.829. The zero-order chi connectivity index (χ0) is 18.8. The molecule has 4 rings (SSSR count). The van der Waals surface area contributed by atoms with Gasteiger partial charge in [-0.1, -0.05) is 48.5 Å². The summed E-state index contributed by atoms with van der Waals surface area (Å²) in [6.07, 6.45) is 0. The van der Waals surface area contributed by atoms with Crippen LogP contribution in [0.5, 0.6) is 0 Å². The normalized spacial score (nSPS) is 10.7. The Labute approximate surface area is 154 Å². The zero-order valence-electron chi connectivity index (χ0n) is 14.1. The Bertz CT molecular complexity index is 1140. The lowest BCUT2D eigenvalue weighted by molar-refractivity contribution is 0.102. The Morgan fingerprint density at radius 2 is 1.59 bits per heavy atom. The van der Waals surface area contributed by atoms with E-state index < -0.39 is 17.5 Å². The number of aromatic nitrogens is 1. The SMILES string of the molecule is O=C(Nc1ccc(F)cc1F)c1cc(-c2ccccc2)nc2ccccc12. The summed E-state index contributed by atoms with van der Waals surface area (Å²) in [5.74, 6) is -2.02. The molecule has 0 radical (unpaired) electrons. The first kappa shape index (κ1) is 16.8. The van der Waals surface area contributed by atoms with E-state index in [1.54, 1.807) is 12.1 Å². The van der Waals surface area contributed by atoms with Crippen molar-refractivity contribution in [1.82, 2.24) is 4.98 Å². The number of fused-ring (bicyclic) bond motifs is 1. The van der Waals surface area contributed by atoms with Crippen LogP contribution in [0.2, 0.25) is 0 Å². The highest BCUT2D eigenvalue weighted by Crippen LogP contribution is 2.26. The van der Waals surface area contributed by atoms with Crippen LogP contribution in [0.15, 0.2) is 78.9 Å². The molecule has 3 nitrogen and oxygen atoms in total. The number of rotatable bonds is 3. The standard InChI is InChI=1S/C22H14F2N2O/c23-15-10-11-20(18(24)12-15)26-22(27)17-13-21(14-6-2-1-3-7-14)25-19-9-5-4-8-16(17)19/h1-13H,(H,26,27). The van der Waals surface area contributed by atoms with Crippen molar-refractivity contribution >= 4 is 22.5 Å². The number of anilines is 1. The Kier molecular flexibility index (Phi) is 4.34. The Hall–Kier alpha value is -3.60. The lowest BCUT2D eigenvalue weighted by atomic mass is 10.0. The second-order valence-electron chi connectivity index (χ2n) is 6.02. The summed E-state index contributed by atoms with van der Waals surface area (Å²) in [6.45, 7) is 0. The summed E-state index contributed by atoms with van der Waals surface area (Å²) in [5, 5.41) is 3.17. The molecule has 0 spiro atoms. The first-order chi connectivity index (χ1) is 13.1. The summed E-state index contributed by atoms with van der Waals surface area (Å²) >= 11 is 0. The van der Waals surface area contributed by atoms with Crippen LogP contribution >= 0.6 is 0 Å². The minimum absolute atomic E-state index is 0.0800. The second kappa shape index (κ2) is 6.96. The fourth-order valence-corrected chi connectivity index (χ4v) is 2.90. The van der Waals surface area contributed by atoms with Crippen molar-refractivity contribution in [2.45, 2.75) is 0 Å². The highest BCUT2D eigenvalue weighted by Gasteiger charge is 2.15. The molecule has 4 aromatic rings. The van der Waals surface area contributed by atoms with Crippen molar-refractivity contribution in [2.75, 3.05) is 5.32 Å². The van der Waals surface area contributed by atoms with Crippen LogP contribution in [-0.2, 0) is 0 Å². The van der Waals surface area contributed by atoms with Gasteiger partial charge in [-0.2, -0.15) is 0 Å². The summed E-state index contributed by atoms with van der Waals surface area (Å²) in [6, 6.07) is 21.4. The van der Waals surface area contributed by atoms with Crippen molar-refractivity contribution < 1.29 is 13.6 Å². The number of carbonyl (C=O) groups excluding carboxylic acids is 1. The molecular weight excluding hydrogens is 346 g/mol. The molecule has 0 saturated carbocycles. The van der Waals surface area contributed by atoms with E-state index in [0.29, 0.717) is 22.2 Å². The van der Waals surface area contributed by atoms with Crippen LogP contribution in [0, 0.1) is 11.6 Å². The Morgan fingerprint density at radius 3 is 2.37 bits per heavy atom. The van der Waals surface area contributed by atoms with Crippen molar-refractivity contribution in [3.63, 3.8) is 0 Å². The molecule has 0 atom stereocenters. The summed E-state index contributed by atoms with van der Waals surface area (Å²) in [5.41, 5.74) is 2.44. The van der Waals surface area contributed by atoms with Crippen LogP contribution in [0.3, 0.4) is 0 Å². The fraction of sp³-hybridized carbons (Fsp3) is 0. The van der Waals surface area contributed by atoms with Gasteiger partial charge in [0.25, 0.3) is 5.91 Å². The fourth-order valence-electron chi connectivity index (χ4n) is 2.90. The molecule has 1 aromatic heterocycles. The molecule has 3 aromatic carbocycles. The highest BCUT2D eigenvalue weighted by atomic mass is 19.1. The molecule has 27 heavy (non-hydrogen) atoms. The van der Waals surface area contributed by atoms with Gasteiger partial charge in [-0.3, -0.25) is 4.79 Å². The largest absolute Gasteiger partial charge is 0.319 e. The molecule has 132 valence electrons. The van der Waals surface area contributed by atoms with E-state index in [0.717, 1.165) is 17.7 Å². The number of hydrogen-bond donors (Lipinski definition) is 1. The maximum atomic E-state index is 13.9. The molecule has 0 fully saturated rings. The summed E-state index contributed by atoms with van der Waals surface area (Å²) in [4.78, 5) is 17.5. The number of carbonyl (C=O) groups is 1. The van der Waals surface area contributed by atoms with Gasteiger partial charge in [-0.05, 0) is 24.3 Å². The third kappa shape index (κ3) is 3.40. The molecule has 1 amide bonds. The van der Waals surface area contributed by atoms with E-state index in [1.165, 1.54) is 6.07 Å². The van der Waals surface area contributed by atoms with Gasteiger partial charge >= 0.3 is 0 Å². The zero-order valence-corrected chi connectivity index (χ0v) is 14.1. The molecule has 0 aliphatic carbocycles. The number of benzene rings is 3. The first-order valence-corrected chi connectivity index (χ1v) is 8.33. The molecule has 0 aliphatic heterocycles. The minimum Gasteiger partial charge on any atom is -0.319 e. The number of para-hydroxylation sites is 1. The predicted molar refractivity (Wildman–Crippen MR) is 101 cm³/mol. The maximum Gasteiger partial charge on any atom is 0.256 e. The van der Waals surface area contributed by atoms with Crippen LogP contribution in [0.25, 0.3) is 22.2 Å². The predicted octanol–water partition coefficient (Wildman–Crippen LogP) is 5.43. The second-order valence-corrected chi connectivity index (χ2v) is 6.02. The van der Waals surface area contributed by atoms with Crippen molar-refractivity contribution in [3.05, 3.63) is 96.1 Å². The number of pyridine rings is 1. The quantitative estimate of drug-likeness (QED) is 0.529. The van der Waals surface area contributed by atoms with Crippen LogP contribution in [0.1, 0.15) is 10.4 Å². The van der Waals surface area contributed by atoms with Crippen LogP contribution in [-0.4, -0.2) is 10.9 Å². The van der Waals surface area contributed by atoms with Gasteiger partial charge in [0.2, 0.25) is 0 Å². The van der Waals surface area contributed by atoms with E-state index in [2.05, 4.69) is 10.3 Å². The van der Waals surface area contributed by atoms with Gasteiger partial charge in [0.1, 0.15) is 11.6 Å². The van der Waals surface area contributed by atoms with Crippen LogP contribution < -0.4 is 5.32 Å². The van der Waals surface area contributed by atoms with E-state index in [1.807, 2.05) is 48.5 Å². The number of halogens is 2. The summed E-state index contributed by atoms with van der Waals surface area (Å²) < 4.78 is 27.0. The molecule has 1 heterocycles. The third-order valence-corrected chi connectivity index (χ3v) is 4.21. The third-order valence-electron chi connectivity index (χ3n) is 4.21. The lowest BCUT2D eigenvalue weighted by Crippen LogP contribution is -2.14. The van der Waals surface area contributed by atoms with Gasteiger partial charge in [-0.25, -0.2) is 13.8 Å². The summed E-state index contributed by atoms with van der Waals surface area (Å²) in [7, 11) is 0. The Morgan fingerprint density at radius 1 is 0.852 bits per heavy atom. The van der Waals surface area contributed by atoms with Crippen LogP contribution in [0.4, 0.5) is 14.5 Å².